The second kappa shape index (κ2) is 2.02. The smallest absolute Gasteiger partial charge is 0.124 e. The van der Waals surface area contributed by atoms with E-state index in [0.29, 0.717) is 4.60 Å². The van der Waals surface area contributed by atoms with Crippen LogP contribution in [0.15, 0.2) is 23.1 Å². The Hall–Kier alpha value is -0.440. The Balaban J connectivity index is 3.17. The minimum absolute atomic E-state index is 0.00231. The summed E-state index contributed by atoms with van der Waals surface area (Å²) < 4.78 is 14.3. The molecule has 0 fully saturated rings. The largest absolute Gasteiger partial charge is 0.260 e. The lowest BCUT2D eigenvalue weighted by atomic mass is 10.8. The van der Waals surface area contributed by atoms with Crippen molar-refractivity contribution in [2.24, 2.45) is 0 Å². The number of hydrogen-bond donors (Lipinski definition) is 0. The summed E-state index contributed by atoms with van der Waals surface area (Å²) in [6, 6.07) is 0. The molecule has 3 heteroatoms. The summed E-state index contributed by atoms with van der Waals surface area (Å²) in [6.45, 7) is 0. The van der Waals surface area contributed by atoms with Crippen molar-refractivity contribution in [1.29, 1.82) is 0 Å². The second-order valence-corrected chi connectivity index (χ2v) is 1.65. The Labute approximate surface area is 52.5 Å². The second-order valence-electron chi connectivity index (χ2n) is 0.902. The standard InChI is InChI=1S/C4H3BrN2/c5-4-3-6-1-2-7-4/h1-3H/i1D,3D. The molecule has 7 heavy (non-hydrogen) atoms. The maximum Gasteiger partial charge on any atom is 0.124 e. The van der Waals surface area contributed by atoms with Crippen LogP contribution in [0.1, 0.15) is 2.74 Å². The molecule has 0 saturated heterocycles. The summed E-state index contributed by atoms with van der Waals surface area (Å²) in [5, 5.41) is 0. The van der Waals surface area contributed by atoms with Gasteiger partial charge in [0.1, 0.15) is 4.60 Å². The highest BCUT2D eigenvalue weighted by atomic mass is 79.9. The number of hydrogen-bond acceptors (Lipinski definition) is 2. The zero-order valence-corrected chi connectivity index (χ0v) is 4.94. The molecule has 0 atom stereocenters. The normalized spacial score (nSPS) is 12.7. The number of rotatable bonds is 0. The maximum atomic E-state index is 7.02. The Bertz CT molecular complexity index is 228. The Morgan fingerprint density at radius 2 is 2.71 bits per heavy atom. The van der Waals surface area contributed by atoms with E-state index in [1.807, 2.05) is 0 Å². The molecule has 1 aromatic heterocycles. The molecule has 0 aliphatic heterocycles. The van der Waals surface area contributed by atoms with Gasteiger partial charge in [-0.1, -0.05) is 0 Å². The van der Waals surface area contributed by atoms with Crippen LogP contribution in [0.3, 0.4) is 0 Å². The average Bonchev–Trinajstić information content (AvgIpc) is 1.80. The van der Waals surface area contributed by atoms with Crippen LogP contribution in [0.4, 0.5) is 0 Å². The van der Waals surface area contributed by atoms with Crippen LogP contribution < -0.4 is 0 Å². The molecule has 0 bridgehead atoms. The maximum absolute atomic E-state index is 7.02. The minimum Gasteiger partial charge on any atom is -0.260 e. The van der Waals surface area contributed by atoms with Gasteiger partial charge in [0.2, 0.25) is 0 Å². The van der Waals surface area contributed by atoms with Gasteiger partial charge in [-0.25, -0.2) is 4.98 Å². The van der Waals surface area contributed by atoms with Crippen LogP contribution in [0.5, 0.6) is 0 Å². The van der Waals surface area contributed by atoms with Crippen molar-refractivity contribution < 1.29 is 2.74 Å². The average molecular weight is 161 g/mol. The van der Waals surface area contributed by atoms with E-state index in [2.05, 4.69) is 25.9 Å². The summed E-state index contributed by atoms with van der Waals surface area (Å²) in [6.07, 6.45) is 1.30. The minimum atomic E-state index is 0.00231. The molecule has 0 saturated carbocycles. The topological polar surface area (TPSA) is 25.8 Å². The van der Waals surface area contributed by atoms with Gasteiger partial charge in [-0.3, -0.25) is 4.98 Å². The van der Waals surface area contributed by atoms with E-state index in [1.165, 1.54) is 6.20 Å². The zero-order valence-electron chi connectivity index (χ0n) is 5.35. The molecule has 0 aliphatic rings. The fourth-order valence-corrected chi connectivity index (χ4v) is 0.413. The fourth-order valence-electron chi connectivity index (χ4n) is 0.222. The van der Waals surface area contributed by atoms with Crippen LogP contribution in [-0.2, 0) is 0 Å². The Morgan fingerprint density at radius 3 is 3.29 bits per heavy atom. The molecule has 2 nitrogen and oxygen atoms in total. The van der Waals surface area contributed by atoms with Crippen LogP contribution >= 0.6 is 15.9 Å². The highest BCUT2D eigenvalue weighted by Crippen LogP contribution is 1.97. The lowest BCUT2D eigenvalue weighted by Crippen LogP contribution is -1.72. The van der Waals surface area contributed by atoms with E-state index in [4.69, 9.17) is 2.74 Å². The quantitative estimate of drug-likeness (QED) is 0.571. The third-order valence-corrected chi connectivity index (χ3v) is 0.830. The molecule has 0 unspecified atom stereocenters. The highest BCUT2D eigenvalue weighted by Gasteiger charge is 1.77. The molecule has 0 spiro atoms. The molecule has 0 aromatic carbocycles. The SMILES string of the molecule is [2H]c1cnc(Br)c([2H])n1. The molecular weight excluding hydrogens is 156 g/mol. The van der Waals surface area contributed by atoms with Crippen molar-refractivity contribution in [2.45, 2.75) is 0 Å². The summed E-state index contributed by atoms with van der Waals surface area (Å²) in [7, 11) is 0. The number of nitrogens with zero attached hydrogens (tertiary/aromatic N) is 2. The summed E-state index contributed by atoms with van der Waals surface area (Å²) in [5.41, 5.74) is 0. The molecule has 0 radical (unpaired) electrons. The van der Waals surface area contributed by atoms with Crippen LogP contribution in [0, 0.1) is 0 Å². The van der Waals surface area contributed by atoms with Gasteiger partial charge in [-0.2, -0.15) is 0 Å². The van der Waals surface area contributed by atoms with Gasteiger partial charge in [-0.15, -0.1) is 0 Å². The number of aromatic nitrogens is 2. The van der Waals surface area contributed by atoms with Crippen LogP contribution in [-0.4, -0.2) is 9.97 Å². The molecule has 1 rings (SSSR count). The first-order valence-electron chi connectivity index (χ1n) is 2.66. The molecule has 0 aliphatic carbocycles. The number of halogens is 1. The Morgan fingerprint density at radius 1 is 1.86 bits per heavy atom. The van der Waals surface area contributed by atoms with Crippen molar-refractivity contribution >= 4 is 15.9 Å². The van der Waals surface area contributed by atoms with E-state index in [9.17, 15) is 0 Å². The predicted octanol–water partition coefficient (Wildman–Crippen LogP) is 1.24. The summed E-state index contributed by atoms with van der Waals surface area (Å²) >= 11 is 2.98. The van der Waals surface area contributed by atoms with Gasteiger partial charge in [0.05, 0.1) is 8.91 Å². The third kappa shape index (κ3) is 1.23. The first-order valence-corrected chi connectivity index (χ1v) is 2.45. The third-order valence-electron chi connectivity index (χ3n) is 0.448. The monoisotopic (exact) mass is 160 g/mol. The molecule has 0 N–H and O–H groups in total. The van der Waals surface area contributed by atoms with E-state index in [-0.39, 0.29) is 12.3 Å². The molecule has 1 heterocycles. The molecular formula is C4H3BrN2. The van der Waals surface area contributed by atoms with Crippen molar-refractivity contribution in [3.63, 3.8) is 0 Å². The van der Waals surface area contributed by atoms with Gasteiger partial charge in [-0.05, 0) is 15.9 Å². The molecule has 1 aromatic rings. The van der Waals surface area contributed by atoms with Crippen molar-refractivity contribution in [1.82, 2.24) is 9.97 Å². The van der Waals surface area contributed by atoms with E-state index in [0.717, 1.165) is 0 Å². The molecule has 0 amide bonds. The summed E-state index contributed by atoms with van der Waals surface area (Å²) in [4.78, 5) is 7.15. The first-order chi connectivity index (χ1) is 4.20. The van der Waals surface area contributed by atoms with Gasteiger partial charge in [0, 0.05) is 12.4 Å². The van der Waals surface area contributed by atoms with Crippen molar-refractivity contribution in [2.75, 3.05) is 0 Å². The summed E-state index contributed by atoms with van der Waals surface area (Å²) in [5.74, 6) is 0. The predicted molar refractivity (Wildman–Crippen MR) is 29.7 cm³/mol. The van der Waals surface area contributed by atoms with Gasteiger partial charge in [0.15, 0.2) is 0 Å². The van der Waals surface area contributed by atoms with Gasteiger partial charge >= 0.3 is 0 Å². The van der Waals surface area contributed by atoms with Crippen LogP contribution in [0.2, 0.25) is 0 Å². The first kappa shape index (κ1) is 2.77. The Kier molecular flexibility index (Phi) is 0.800. The van der Waals surface area contributed by atoms with Crippen molar-refractivity contribution in [3.05, 3.63) is 23.1 Å². The van der Waals surface area contributed by atoms with E-state index in [1.54, 1.807) is 0 Å². The molecule has 36 valence electrons. The fraction of sp³-hybridized carbons (Fsp3) is 0. The zero-order chi connectivity index (χ0) is 6.85. The van der Waals surface area contributed by atoms with Gasteiger partial charge < -0.3 is 0 Å². The lowest BCUT2D eigenvalue weighted by molar-refractivity contribution is 1.16. The highest BCUT2D eigenvalue weighted by molar-refractivity contribution is 9.10. The van der Waals surface area contributed by atoms with E-state index >= 15 is 0 Å². The van der Waals surface area contributed by atoms with Crippen molar-refractivity contribution in [3.8, 4) is 0 Å². The van der Waals surface area contributed by atoms with Gasteiger partial charge in [0.25, 0.3) is 0 Å². The van der Waals surface area contributed by atoms with Crippen LogP contribution in [0.25, 0.3) is 0 Å². The lowest BCUT2D eigenvalue weighted by Gasteiger charge is -1.79. The van der Waals surface area contributed by atoms with E-state index < -0.39 is 0 Å².